The Bertz CT molecular complexity index is 747. The predicted molar refractivity (Wildman–Crippen MR) is 112 cm³/mol. The second-order valence-electron chi connectivity index (χ2n) is 6.17. The number of nitrogens with two attached hydrogens (primary N) is 1. The van der Waals surface area contributed by atoms with Crippen LogP contribution in [0.1, 0.15) is 25.3 Å². The molecule has 0 spiro atoms. The van der Waals surface area contributed by atoms with E-state index in [9.17, 15) is 0 Å². The second kappa shape index (κ2) is 8.21. The Morgan fingerprint density at radius 1 is 0.760 bits per heavy atom. The summed E-state index contributed by atoms with van der Waals surface area (Å²) in [6.45, 7) is 2.23. The molecule has 2 nitrogen and oxygen atoms in total. The zero-order chi connectivity index (χ0) is 17.6. The molecule has 2 N–H and O–H groups in total. The Morgan fingerprint density at radius 2 is 1.24 bits per heavy atom. The molecule has 0 aliphatic carbocycles. The average molecular weight is 395 g/mol. The third-order valence-corrected chi connectivity index (χ3v) is 4.78. The van der Waals surface area contributed by atoms with Gasteiger partial charge in [0.25, 0.3) is 0 Å². The summed E-state index contributed by atoms with van der Waals surface area (Å²) in [6, 6.07) is 25.2. The van der Waals surface area contributed by atoms with Gasteiger partial charge in [-0.25, -0.2) is 0 Å². The van der Waals surface area contributed by atoms with Crippen LogP contribution in [0.5, 0.6) is 0 Å². The number of halogens is 1. The average Bonchev–Trinajstić information content (AvgIpc) is 2.64. The summed E-state index contributed by atoms with van der Waals surface area (Å²) < 4.78 is 1.07. The number of benzene rings is 3. The maximum Gasteiger partial charge on any atom is 0.0463 e. The van der Waals surface area contributed by atoms with Crippen LogP contribution in [0.4, 0.5) is 22.7 Å². The first-order chi connectivity index (χ1) is 12.2. The number of unbranched alkanes of at least 4 members (excludes halogenated alkanes) is 1. The summed E-state index contributed by atoms with van der Waals surface area (Å²) in [5.74, 6) is 0. The molecule has 0 bridgehead atoms. The molecular weight excluding hydrogens is 372 g/mol. The van der Waals surface area contributed by atoms with E-state index in [1.54, 1.807) is 0 Å². The Morgan fingerprint density at radius 3 is 1.76 bits per heavy atom. The Kier molecular flexibility index (Phi) is 5.77. The van der Waals surface area contributed by atoms with Crippen LogP contribution in [-0.2, 0) is 6.42 Å². The number of hydrogen-bond acceptors (Lipinski definition) is 2. The lowest BCUT2D eigenvalue weighted by Crippen LogP contribution is -2.10. The van der Waals surface area contributed by atoms with Crippen LogP contribution >= 0.6 is 15.9 Å². The molecule has 0 unspecified atom stereocenters. The summed E-state index contributed by atoms with van der Waals surface area (Å²) in [5.41, 5.74) is 11.4. The molecule has 0 amide bonds. The molecular formula is C22H23BrN2. The van der Waals surface area contributed by atoms with Gasteiger partial charge < -0.3 is 10.6 Å². The van der Waals surface area contributed by atoms with E-state index in [2.05, 4.69) is 88.4 Å². The van der Waals surface area contributed by atoms with E-state index in [0.717, 1.165) is 33.6 Å². The Hall–Kier alpha value is -2.26. The van der Waals surface area contributed by atoms with Crippen molar-refractivity contribution in [3.8, 4) is 0 Å². The van der Waals surface area contributed by atoms with Crippen molar-refractivity contribution >= 4 is 38.7 Å². The highest BCUT2D eigenvalue weighted by atomic mass is 79.9. The molecule has 0 fully saturated rings. The van der Waals surface area contributed by atoms with Gasteiger partial charge in [-0.05, 0) is 79.1 Å². The van der Waals surface area contributed by atoms with Crippen LogP contribution in [0.15, 0.2) is 77.3 Å². The molecule has 0 heterocycles. The third kappa shape index (κ3) is 4.43. The molecule has 25 heavy (non-hydrogen) atoms. The molecule has 0 radical (unpaired) electrons. The maximum absolute atomic E-state index is 5.87. The van der Waals surface area contributed by atoms with E-state index in [1.807, 2.05) is 12.1 Å². The van der Waals surface area contributed by atoms with Gasteiger partial charge in [-0.2, -0.15) is 0 Å². The van der Waals surface area contributed by atoms with Gasteiger partial charge in [0.2, 0.25) is 0 Å². The summed E-state index contributed by atoms with van der Waals surface area (Å²) in [5, 5.41) is 0. The molecule has 3 rings (SSSR count). The van der Waals surface area contributed by atoms with Crippen LogP contribution in [0, 0.1) is 0 Å². The van der Waals surface area contributed by atoms with Gasteiger partial charge in [0, 0.05) is 27.2 Å². The zero-order valence-electron chi connectivity index (χ0n) is 14.5. The molecule has 3 heteroatoms. The maximum atomic E-state index is 5.87. The summed E-state index contributed by atoms with van der Waals surface area (Å²) >= 11 is 3.52. The molecule has 0 aliphatic heterocycles. The first kappa shape index (κ1) is 17.6. The lowest BCUT2D eigenvalue weighted by Gasteiger charge is -2.25. The largest absolute Gasteiger partial charge is 0.399 e. The van der Waals surface area contributed by atoms with Crippen molar-refractivity contribution in [3.05, 3.63) is 82.8 Å². The molecule has 0 saturated heterocycles. The number of rotatable bonds is 6. The summed E-state index contributed by atoms with van der Waals surface area (Å²) in [6.07, 6.45) is 3.59. The van der Waals surface area contributed by atoms with E-state index in [1.165, 1.54) is 18.4 Å². The Labute approximate surface area is 158 Å². The highest BCUT2D eigenvalue weighted by Crippen LogP contribution is 2.35. The molecule has 3 aromatic rings. The minimum atomic E-state index is 0.773. The highest BCUT2D eigenvalue weighted by Gasteiger charge is 2.12. The van der Waals surface area contributed by atoms with Gasteiger partial charge in [0.15, 0.2) is 0 Å². The monoisotopic (exact) mass is 394 g/mol. The minimum absolute atomic E-state index is 0.773. The van der Waals surface area contributed by atoms with Gasteiger partial charge in [-0.15, -0.1) is 0 Å². The van der Waals surface area contributed by atoms with Gasteiger partial charge in [0.1, 0.15) is 0 Å². The lowest BCUT2D eigenvalue weighted by atomic mass is 10.1. The SMILES string of the molecule is CCCCc1ccc(N(c2ccc(N)cc2)c2ccc(Br)cc2)cc1. The van der Waals surface area contributed by atoms with Crippen molar-refractivity contribution in [2.75, 3.05) is 10.6 Å². The smallest absolute Gasteiger partial charge is 0.0463 e. The molecule has 0 atom stereocenters. The fourth-order valence-corrected chi connectivity index (χ4v) is 3.12. The van der Waals surface area contributed by atoms with Crippen molar-refractivity contribution in [2.24, 2.45) is 0 Å². The lowest BCUT2D eigenvalue weighted by molar-refractivity contribution is 0.795. The quantitative estimate of drug-likeness (QED) is 0.463. The molecule has 0 aromatic heterocycles. The number of anilines is 4. The van der Waals surface area contributed by atoms with Crippen molar-refractivity contribution in [2.45, 2.75) is 26.2 Å². The van der Waals surface area contributed by atoms with E-state index in [-0.39, 0.29) is 0 Å². The predicted octanol–water partition coefficient (Wildman–Crippen LogP) is 6.84. The van der Waals surface area contributed by atoms with Gasteiger partial charge in [-0.3, -0.25) is 0 Å². The normalized spacial score (nSPS) is 10.6. The van der Waals surface area contributed by atoms with E-state index < -0.39 is 0 Å². The fraction of sp³-hybridized carbons (Fsp3) is 0.182. The van der Waals surface area contributed by atoms with Crippen LogP contribution in [0.3, 0.4) is 0 Å². The second-order valence-corrected chi connectivity index (χ2v) is 7.09. The van der Waals surface area contributed by atoms with Crippen molar-refractivity contribution in [1.29, 1.82) is 0 Å². The van der Waals surface area contributed by atoms with E-state index in [4.69, 9.17) is 5.73 Å². The van der Waals surface area contributed by atoms with Crippen molar-refractivity contribution < 1.29 is 0 Å². The Balaban J connectivity index is 1.98. The summed E-state index contributed by atoms with van der Waals surface area (Å²) in [7, 11) is 0. The number of nitrogens with zero attached hydrogens (tertiary/aromatic N) is 1. The number of aryl methyl sites for hydroxylation is 1. The topological polar surface area (TPSA) is 29.3 Å². The molecule has 3 aromatic carbocycles. The fourth-order valence-electron chi connectivity index (χ4n) is 2.85. The first-order valence-electron chi connectivity index (χ1n) is 8.67. The highest BCUT2D eigenvalue weighted by molar-refractivity contribution is 9.10. The van der Waals surface area contributed by atoms with E-state index >= 15 is 0 Å². The van der Waals surface area contributed by atoms with Crippen LogP contribution < -0.4 is 10.6 Å². The van der Waals surface area contributed by atoms with E-state index in [0.29, 0.717) is 0 Å². The van der Waals surface area contributed by atoms with Crippen LogP contribution in [-0.4, -0.2) is 0 Å². The standard InChI is InChI=1S/C22H23BrN2/c1-2-3-4-17-5-11-20(12-6-17)25(21-13-7-18(23)8-14-21)22-15-9-19(24)10-16-22/h5-16H,2-4,24H2,1H3. The third-order valence-electron chi connectivity index (χ3n) is 4.25. The molecule has 0 saturated carbocycles. The van der Waals surface area contributed by atoms with Crippen molar-refractivity contribution in [1.82, 2.24) is 0 Å². The number of nitrogen functional groups attached to an aromatic ring is 1. The van der Waals surface area contributed by atoms with Gasteiger partial charge in [0.05, 0.1) is 0 Å². The summed E-state index contributed by atoms with van der Waals surface area (Å²) in [4.78, 5) is 2.25. The van der Waals surface area contributed by atoms with Crippen molar-refractivity contribution in [3.63, 3.8) is 0 Å². The van der Waals surface area contributed by atoms with Crippen LogP contribution in [0.2, 0.25) is 0 Å². The zero-order valence-corrected chi connectivity index (χ0v) is 16.0. The molecule has 0 aliphatic rings. The van der Waals surface area contributed by atoms with Gasteiger partial charge >= 0.3 is 0 Å². The minimum Gasteiger partial charge on any atom is -0.399 e. The van der Waals surface area contributed by atoms with Gasteiger partial charge in [-0.1, -0.05) is 41.4 Å². The van der Waals surface area contributed by atoms with Crippen LogP contribution in [0.25, 0.3) is 0 Å². The molecule has 128 valence electrons. The first-order valence-corrected chi connectivity index (χ1v) is 9.47. The number of hydrogen-bond donors (Lipinski definition) is 1.